The van der Waals surface area contributed by atoms with Gasteiger partial charge < -0.3 is 24.1 Å². The Balaban J connectivity index is 2.03. The lowest BCUT2D eigenvalue weighted by atomic mass is 10.0. The van der Waals surface area contributed by atoms with Gasteiger partial charge in [-0.1, -0.05) is 13.8 Å². The van der Waals surface area contributed by atoms with Gasteiger partial charge in [0.05, 0.1) is 18.0 Å². The number of esters is 1. The number of hydrogen-bond donors (Lipinski definition) is 1. The topological polar surface area (TPSA) is 95.9 Å². The van der Waals surface area contributed by atoms with Crippen molar-refractivity contribution in [3.8, 4) is 11.5 Å². The third-order valence-corrected chi connectivity index (χ3v) is 4.66. The summed E-state index contributed by atoms with van der Waals surface area (Å²) in [6.07, 6.45) is 1.92. The summed E-state index contributed by atoms with van der Waals surface area (Å²) < 4.78 is 17.3. The van der Waals surface area contributed by atoms with Gasteiger partial charge >= 0.3 is 5.97 Å². The van der Waals surface area contributed by atoms with Crippen LogP contribution in [-0.2, 0) is 16.1 Å². The predicted octanol–water partition coefficient (Wildman–Crippen LogP) is 2.07. The van der Waals surface area contributed by atoms with Gasteiger partial charge in [-0.3, -0.25) is 9.59 Å². The van der Waals surface area contributed by atoms with Crippen LogP contribution in [0.3, 0.4) is 0 Å². The first kappa shape index (κ1) is 19.7. The number of hydrogen-bond acceptors (Lipinski definition) is 6. The third kappa shape index (κ3) is 3.67. The Labute approximate surface area is 162 Å². The molecule has 1 aliphatic heterocycles. The summed E-state index contributed by atoms with van der Waals surface area (Å²) in [5, 5.41) is 3.00. The van der Waals surface area contributed by atoms with Gasteiger partial charge in [0.15, 0.2) is 11.5 Å². The highest BCUT2D eigenvalue weighted by Gasteiger charge is 2.26. The molecule has 0 bridgehead atoms. The van der Waals surface area contributed by atoms with Crippen molar-refractivity contribution in [3.05, 3.63) is 34.1 Å². The van der Waals surface area contributed by atoms with E-state index in [1.54, 1.807) is 16.7 Å². The molecule has 1 amide bonds. The summed E-state index contributed by atoms with van der Waals surface area (Å²) >= 11 is 0. The number of pyridine rings is 1. The molecule has 0 radical (unpaired) electrons. The van der Waals surface area contributed by atoms with Gasteiger partial charge in [-0.2, -0.15) is 0 Å². The Morgan fingerprint density at radius 2 is 1.93 bits per heavy atom. The summed E-state index contributed by atoms with van der Waals surface area (Å²) in [4.78, 5) is 37.8. The van der Waals surface area contributed by atoms with Crippen molar-refractivity contribution in [2.45, 2.75) is 39.8 Å². The van der Waals surface area contributed by atoms with Gasteiger partial charge in [0.1, 0.15) is 11.6 Å². The number of carbonyl (C=O) groups excluding carboxylic acids is 2. The van der Waals surface area contributed by atoms with E-state index in [0.717, 1.165) is 0 Å². The number of nitrogens with zero attached hydrogens (tertiary/aromatic N) is 1. The minimum absolute atomic E-state index is 0.0362. The SMILES string of the molecule is CCn1cc(C(=O)NC(CC(C)C)C(=O)OC)c(=O)c2cc3c(cc21)OCO3. The van der Waals surface area contributed by atoms with Crippen LogP contribution in [0.5, 0.6) is 11.5 Å². The van der Waals surface area contributed by atoms with Gasteiger partial charge in [0.2, 0.25) is 12.2 Å². The zero-order chi connectivity index (χ0) is 20.4. The van der Waals surface area contributed by atoms with Crippen LogP contribution in [0, 0.1) is 5.92 Å². The molecule has 1 unspecified atom stereocenters. The van der Waals surface area contributed by atoms with Crippen LogP contribution in [0.25, 0.3) is 10.9 Å². The van der Waals surface area contributed by atoms with Gasteiger partial charge in [0, 0.05) is 18.8 Å². The van der Waals surface area contributed by atoms with Crippen molar-refractivity contribution in [1.29, 1.82) is 0 Å². The molecule has 28 heavy (non-hydrogen) atoms. The molecule has 2 aromatic rings. The molecule has 1 atom stereocenters. The molecule has 0 fully saturated rings. The van der Waals surface area contributed by atoms with Crippen LogP contribution in [0.15, 0.2) is 23.1 Å². The molecule has 1 N–H and O–H groups in total. The number of aromatic nitrogens is 1. The maximum atomic E-state index is 13.0. The summed E-state index contributed by atoms with van der Waals surface area (Å²) in [6.45, 7) is 6.42. The summed E-state index contributed by atoms with van der Waals surface area (Å²) in [7, 11) is 1.27. The number of fused-ring (bicyclic) bond motifs is 2. The van der Waals surface area contributed by atoms with Crippen molar-refractivity contribution in [3.63, 3.8) is 0 Å². The number of amides is 1. The van der Waals surface area contributed by atoms with E-state index in [1.165, 1.54) is 13.3 Å². The fraction of sp³-hybridized carbons (Fsp3) is 0.450. The molecule has 1 aromatic carbocycles. The Morgan fingerprint density at radius 1 is 1.25 bits per heavy atom. The van der Waals surface area contributed by atoms with Crippen LogP contribution in [0.4, 0.5) is 0 Å². The van der Waals surface area contributed by atoms with Crippen molar-refractivity contribution in [2.24, 2.45) is 5.92 Å². The molecule has 0 saturated heterocycles. The molecule has 1 aromatic heterocycles. The van der Waals surface area contributed by atoms with E-state index in [-0.39, 0.29) is 18.3 Å². The lowest BCUT2D eigenvalue weighted by molar-refractivity contribution is -0.143. The van der Waals surface area contributed by atoms with E-state index in [9.17, 15) is 14.4 Å². The molecule has 1 aliphatic rings. The fourth-order valence-corrected chi connectivity index (χ4v) is 3.27. The van der Waals surface area contributed by atoms with E-state index in [2.05, 4.69) is 5.32 Å². The Kier molecular flexibility index (Phi) is 5.58. The number of ether oxygens (including phenoxy) is 3. The monoisotopic (exact) mass is 388 g/mol. The highest BCUT2D eigenvalue weighted by molar-refractivity contribution is 5.99. The number of methoxy groups -OCH3 is 1. The van der Waals surface area contributed by atoms with Gasteiger partial charge in [-0.05, 0) is 25.3 Å². The molecular formula is C20H24N2O6. The highest BCUT2D eigenvalue weighted by atomic mass is 16.7. The predicted molar refractivity (Wildman–Crippen MR) is 103 cm³/mol. The highest BCUT2D eigenvalue weighted by Crippen LogP contribution is 2.35. The van der Waals surface area contributed by atoms with E-state index >= 15 is 0 Å². The van der Waals surface area contributed by atoms with Crippen LogP contribution < -0.4 is 20.2 Å². The van der Waals surface area contributed by atoms with Crippen LogP contribution in [-0.4, -0.2) is 36.4 Å². The summed E-state index contributed by atoms with van der Waals surface area (Å²) in [5.74, 6) is 0.0453. The molecular weight excluding hydrogens is 364 g/mol. The van der Waals surface area contributed by atoms with Crippen LogP contribution >= 0.6 is 0 Å². The van der Waals surface area contributed by atoms with Crippen molar-refractivity contribution in [1.82, 2.24) is 9.88 Å². The Morgan fingerprint density at radius 3 is 2.54 bits per heavy atom. The summed E-state index contributed by atoms with van der Waals surface area (Å²) in [5.41, 5.74) is 0.189. The zero-order valence-corrected chi connectivity index (χ0v) is 16.4. The number of carbonyl (C=O) groups is 2. The third-order valence-electron chi connectivity index (χ3n) is 4.66. The van der Waals surface area contributed by atoms with Crippen molar-refractivity contribution >= 4 is 22.8 Å². The maximum Gasteiger partial charge on any atom is 0.328 e. The van der Waals surface area contributed by atoms with E-state index in [1.807, 2.05) is 20.8 Å². The smallest absolute Gasteiger partial charge is 0.328 e. The quantitative estimate of drug-likeness (QED) is 0.761. The molecule has 0 spiro atoms. The Bertz CT molecular complexity index is 979. The summed E-state index contributed by atoms with van der Waals surface area (Å²) in [6, 6.07) is 2.51. The van der Waals surface area contributed by atoms with Crippen LogP contribution in [0.2, 0.25) is 0 Å². The molecule has 0 saturated carbocycles. The first-order chi connectivity index (χ1) is 13.3. The van der Waals surface area contributed by atoms with Gasteiger partial charge in [0.25, 0.3) is 5.91 Å². The maximum absolute atomic E-state index is 13.0. The van der Waals surface area contributed by atoms with Gasteiger partial charge in [-0.15, -0.1) is 0 Å². The lowest BCUT2D eigenvalue weighted by Gasteiger charge is -2.19. The first-order valence-electron chi connectivity index (χ1n) is 9.21. The standard InChI is InChI=1S/C20H24N2O6/c1-5-22-9-13(19(24)21-14(6-11(2)3)20(25)26-4)18(23)12-7-16-17(8-15(12)22)28-10-27-16/h7-9,11,14H,5-6,10H2,1-4H3,(H,21,24). The van der Waals surface area contributed by atoms with E-state index in [0.29, 0.717) is 35.4 Å². The molecule has 8 heteroatoms. The molecule has 0 aliphatic carbocycles. The number of aryl methyl sites for hydroxylation is 1. The number of rotatable bonds is 6. The normalized spacial score (nSPS) is 13.6. The van der Waals surface area contributed by atoms with Crippen LogP contribution in [0.1, 0.15) is 37.6 Å². The number of nitrogens with one attached hydrogen (secondary N) is 1. The second-order valence-corrected chi connectivity index (χ2v) is 7.06. The van der Waals surface area contributed by atoms with Gasteiger partial charge in [-0.25, -0.2) is 4.79 Å². The Hall–Kier alpha value is -3.03. The number of benzene rings is 1. The average molecular weight is 388 g/mol. The molecule has 8 nitrogen and oxygen atoms in total. The van der Waals surface area contributed by atoms with E-state index < -0.39 is 23.3 Å². The lowest BCUT2D eigenvalue weighted by Crippen LogP contribution is -2.43. The van der Waals surface area contributed by atoms with Crippen molar-refractivity contribution < 1.29 is 23.8 Å². The average Bonchev–Trinajstić information content (AvgIpc) is 3.13. The van der Waals surface area contributed by atoms with E-state index in [4.69, 9.17) is 14.2 Å². The second kappa shape index (κ2) is 7.92. The largest absolute Gasteiger partial charge is 0.467 e. The van der Waals surface area contributed by atoms with Crippen molar-refractivity contribution in [2.75, 3.05) is 13.9 Å². The first-order valence-corrected chi connectivity index (χ1v) is 9.21. The zero-order valence-electron chi connectivity index (χ0n) is 16.4. The minimum atomic E-state index is -0.820. The molecule has 2 heterocycles. The molecule has 3 rings (SSSR count). The minimum Gasteiger partial charge on any atom is -0.467 e. The fourth-order valence-electron chi connectivity index (χ4n) is 3.27. The molecule has 150 valence electrons. The second-order valence-electron chi connectivity index (χ2n) is 7.06.